The Morgan fingerprint density at radius 2 is 2.20 bits per heavy atom. The molecule has 3 heteroatoms. The van der Waals surface area contributed by atoms with Crippen LogP contribution >= 0.6 is 0 Å². The summed E-state index contributed by atoms with van der Waals surface area (Å²) in [6.07, 6.45) is 1.38. The van der Waals surface area contributed by atoms with Gasteiger partial charge >= 0.3 is 0 Å². The Morgan fingerprint density at radius 1 is 1.60 bits per heavy atom. The normalized spacial score (nSPS) is 10.9. The van der Waals surface area contributed by atoms with Gasteiger partial charge in [-0.25, -0.2) is 4.98 Å². The molecule has 0 N–H and O–H groups in total. The topological polar surface area (TPSA) is 17.8 Å². The molecular weight excluding hydrogens is 131 g/mol. The lowest BCUT2D eigenvalue weighted by atomic mass is 10.2. The van der Waals surface area contributed by atoms with E-state index in [9.17, 15) is 4.39 Å². The van der Waals surface area contributed by atoms with Crippen LogP contribution in [0.3, 0.4) is 0 Å². The second-order valence-electron chi connectivity index (χ2n) is 2.69. The lowest BCUT2D eigenvalue weighted by Crippen LogP contribution is -1.98. The van der Waals surface area contributed by atoms with Gasteiger partial charge in [0.05, 0.1) is 6.20 Å². The average molecular weight is 142 g/mol. The van der Waals surface area contributed by atoms with Crippen LogP contribution in [0.2, 0.25) is 0 Å². The van der Waals surface area contributed by atoms with Crippen LogP contribution in [0, 0.1) is 5.95 Å². The Morgan fingerprint density at radius 3 is 2.40 bits per heavy atom. The quantitative estimate of drug-likeness (QED) is 0.583. The molecule has 0 aliphatic heterocycles. The van der Waals surface area contributed by atoms with Crippen LogP contribution in [-0.2, 0) is 7.05 Å². The maximum atomic E-state index is 12.4. The van der Waals surface area contributed by atoms with E-state index >= 15 is 0 Å². The van der Waals surface area contributed by atoms with Gasteiger partial charge in [-0.3, -0.25) is 0 Å². The van der Waals surface area contributed by atoms with Crippen molar-refractivity contribution in [2.24, 2.45) is 7.05 Å². The van der Waals surface area contributed by atoms with E-state index in [4.69, 9.17) is 0 Å². The summed E-state index contributed by atoms with van der Waals surface area (Å²) in [5.41, 5.74) is 0. The first-order valence-corrected chi connectivity index (χ1v) is 3.30. The first-order valence-electron chi connectivity index (χ1n) is 3.30. The second kappa shape index (κ2) is 2.40. The van der Waals surface area contributed by atoms with E-state index in [1.165, 1.54) is 6.20 Å². The van der Waals surface area contributed by atoms with E-state index < -0.39 is 5.95 Å². The Kier molecular flexibility index (Phi) is 1.74. The highest BCUT2D eigenvalue weighted by molar-refractivity contribution is 4.97. The molecule has 10 heavy (non-hydrogen) atoms. The zero-order valence-electron chi connectivity index (χ0n) is 6.43. The molecular formula is C7H11FN2. The zero-order chi connectivity index (χ0) is 7.72. The van der Waals surface area contributed by atoms with Gasteiger partial charge in [-0.15, -0.1) is 0 Å². The number of hydrogen-bond donors (Lipinski definition) is 0. The van der Waals surface area contributed by atoms with Crippen LogP contribution in [0.5, 0.6) is 0 Å². The fraction of sp³-hybridized carbons (Fsp3) is 0.571. The summed E-state index contributed by atoms with van der Waals surface area (Å²) in [5, 5.41) is 0. The molecule has 0 radical (unpaired) electrons. The summed E-state index contributed by atoms with van der Waals surface area (Å²) in [4.78, 5) is 3.71. The van der Waals surface area contributed by atoms with Gasteiger partial charge in [0.15, 0.2) is 0 Å². The van der Waals surface area contributed by atoms with Crippen molar-refractivity contribution in [1.29, 1.82) is 0 Å². The third kappa shape index (κ3) is 1.17. The van der Waals surface area contributed by atoms with Crippen molar-refractivity contribution in [2.45, 2.75) is 19.8 Å². The van der Waals surface area contributed by atoms with Crippen molar-refractivity contribution in [3.8, 4) is 0 Å². The monoisotopic (exact) mass is 142 g/mol. The van der Waals surface area contributed by atoms with Crippen molar-refractivity contribution < 1.29 is 4.39 Å². The summed E-state index contributed by atoms with van der Waals surface area (Å²) >= 11 is 0. The largest absolute Gasteiger partial charge is 0.335 e. The van der Waals surface area contributed by atoms with Gasteiger partial charge in [0, 0.05) is 13.0 Å². The lowest BCUT2D eigenvalue weighted by molar-refractivity contribution is 0.584. The molecule has 0 aliphatic carbocycles. The highest BCUT2D eigenvalue weighted by Gasteiger charge is 2.06. The third-order valence-electron chi connectivity index (χ3n) is 1.40. The van der Waals surface area contributed by atoms with Gasteiger partial charge in [0.2, 0.25) is 5.95 Å². The standard InChI is InChI=1S/C7H11FN2/c1-5(2)7-9-6(8)4-10(7)3/h4-5H,1-3H3. The smallest absolute Gasteiger partial charge is 0.230 e. The minimum absolute atomic E-state index is 0.287. The van der Waals surface area contributed by atoms with Crippen molar-refractivity contribution >= 4 is 0 Å². The van der Waals surface area contributed by atoms with E-state index in [0.717, 1.165) is 5.82 Å². The lowest BCUT2D eigenvalue weighted by Gasteiger charge is -2.02. The number of aryl methyl sites for hydroxylation is 1. The van der Waals surface area contributed by atoms with Gasteiger partial charge in [0.1, 0.15) is 5.82 Å². The Balaban J connectivity index is 3.03. The first-order chi connectivity index (χ1) is 4.61. The van der Waals surface area contributed by atoms with Crippen LogP contribution in [0.15, 0.2) is 6.20 Å². The molecule has 1 rings (SSSR count). The summed E-state index contributed by atoms with van der Waals surface area (Å²) in [6, 6.07) is 0. The fourth-order valence-electron chi connectivity index (χ4n) is 0.979. The SMILES string of the molecule is CC(C)c1nc(F)cn1C. The number of rotatable bonds is 1. The number of aromatic nitrogens is 2. The average Bonchev–Trinajstić information content (AvgIpc) is 2.10. The third-order valence-corrected chi connectivity index (χ3v) is 1.40. The highest BCUT2D eigenvalue weighted by Crippen LogP contribution is 2.11. The molecule has 0 aromatic carbocycles. The predicted molar refractivity (Wildman–Crippen MR) is 37.3 cm³/mol. The van der Waals surface area contributed by atoms with Gasteiger partial charge in [-0.2, -0.15) is 4.39 Å². The first kappa shape index (κ1) is 7.25. The second-order valence-corrected chi connectivity index (χ2v) is 2.69. The van der Waals surface area contributed by atoms with Gasteiger partial charge in [-0.1, -0.05) is 13.8 Å². The Labute approximate surface area is 59.7 Å². The molecule has 2 nitrogen and oxygen atoms in total. The Hall–Kier alpha value is -0.860. The minimum atomic E-state index is -0.397. The Bertz CT molecular complexity index is 228. The van der Waals surface area contributed by atoms with Gasteiger partial charge in [0.25, 0.3) is 0 Å². The molecule has 56 valence electrons. The number of halogens is 1. The van der Waals surface area contributed by atoms with E-state index in [2.05, 4.69) is 4.98 Å². The molecule has 0 atom stereocenters. The molecule has 0 aliphatic rings. The minimum Gasteiger partial charge on any atom is -0.335 e. The molecule has 0 spiro atoms. The molecule has 0 saturated carbocycles. The number of imidazole rings is 1. The van der Waals surface area contributed by atoms with E-state index in [1.807, 2.05) is 13.8 Å². The van der Waals surface area contributed by atoms with Crippen LogP contribution in [0.25, 0.3) is 0 Å². The molecule has 1 aromatic rings. The van der Waals surface area contributed by atoms with Crippen LogP contribution in [0.1, 0.15) is 25.6 Å². The van der Waals surface area contributed by atoms with Gasteiger partial charge in [-0.05, 0) is 0 Å². The van der Waals surface area contributed by atoms with E-state index in [-0.39, 0.29) is 5.92 Å². The van der Waals surface area contributed by atoms with Crippen LogP contribution in [-0.4, -0.2) is 9.55 Å². The summed E-state index contributed by atoms with van der Waals surface area (Å²) in [7, 11) is 1.80. The molecule has 0 saturated heterocycles. The van der Waals surface area contributed by atoms with Crippen molar-refractivity contribution in [1.82, 2.24) is 9.55 Å². The fourth-order valence-corrected chi connectivity index (χ4v) is 0.979. The number of hydrogen-bond acceptors (Lipinski definition) is 1. The highest BCUT2D eigenvalue weighted by atomic mass is 19.1. The number of nitrogens with zero attached hydrogens (tertiary/aromatic N) is 2. The maximum Gasteiger partial charge on any atom is 0.230 e. The molecule has 1 heterocycles. The molecule has 0 unspecified atom stereocenters. The maximum absolute atomic E-state index is 12.4. The molecule has 0 fully saturated rings. The summed E-state index contributed by atoms with van der Waals surface area (Å²) in [6.45, 7) is 3.98. The molecule has 1 aromatic heterocycles. The molecule has 0 amide bonds. The van der Waals surface area contributed by atoms with Crippen molar-refractivity contribution in [2.75, 3.05) is 0 Å². The van der Waals surface area contributed by atoms with E-state index in [0.29, 0.717) is 0 Å². The van der Waals surface area contributed by atoms with Crippen molar-refractivity contribution in [3.63, 3.8) is 0 Å². The van der Waals surface area contributed by atoms with E-state index in [1.54, 1.807) is 11.6 Å². The summed E-state index contributed by atoms with van der Waals surface area (Å²) in [5.74, 6) is 0.679. The van der Waals surface area contributed by atoms with Crippen LogP contribution < -0.4 is 0 Å². The zero-order valence-corrected chi connectivity index (χ0v) is 6.43. The molecule has 0 bridgehead atoms. The van der Waals surface area contributed by atoms with Crippen LogP contribution in [0.4, 0.5) is 4.39 Å². The summed E-state index contributed by atoms with van der Waals surface area (Å²) < 4.78 is 14.1. The van der Waals surface area contributed by atoms with Gasteiger partial charge < -0.3 is 4.57 Å². The predicted octanol–water partition coefficient (Wildman–Crippen LogP) is 1.68. The van der Waals surface area contributed by atoms with Crippen molar-refractivity contribution in [3.05, 3.63) is 18.0 Å².